The van der Waals surface area contributed by atoms with Gasteiger partial charge >= 0.3 is 5.97 Å². The van der Waals surface area contributed by atoms with Crippen LogP contribution >= 0.6 is 11.3 Å². The molecule has 0 saturated heterocycles. The SMILES string of the molecule is CCOC(=O)CC(=O)Nc1cccc(C(=O)Nc2nccs2)c1. The number of nitrogens with one attached hydrogen (secondary N) is 2. The first-order valence-corrected chi connectivity index (χ1v) is 7.73. The minimum atomic E-state index is -0.595. The second-order valence-corrected chi connectivity index (χ2v) is 5.30. The Morgan fingerprint density at radius 1 is 1.26 bits per heavy atom. The van der Waals surface area contributed by atoms with E-state index in [1.165, 1.54) is 17.4 Å². The third-order valence-corrected chi connectivity index (χ3v) is 3.36. The Bertz CT molecular complexity index is 701. The van der Waals surface area contributed by atoms with E-state index in [9.17, 15) is 14.4 Å². The van der Waals surface area contributed by atoms with Gasteiger partial charge in [-0.1, -0.05) is 6.07 Å². The van der Waals surface area contributed by atoms with E-state index in [0.29, 0.717) is 16.4 Å². The van der Waals surface area contributed by atoms with Crippen LogP contribution in [0.5, 0.6) is 0 Å². The Labute approximate surface area is 136 Å². The van der Waals surface area contributed by atoms with Gasteiger partial charge in [0.25, 0.3) is 5.91 Å². The molecule has 7 nitrogen and oxygen atoms in total. The lowest BCUT2D eigenvalue weighted by molar-refractivity contribution is -0.145. The van der Waals surface area contributed by atoms with E-state index >= 15 is 0 Å². The fraction of sp³-hybridized carbons (Fsp3) is 0.200. The van der Waals surface area contributed by atoms with Crippen molar-refractivity contribution in [2.24, 2.45) is 0 Å². The number of esters is 1. The van der Waals surface area contributed by atoms with Gasteiger partial charge in [0.15, 0.2) is 5.13 Å². The van der Waals surface area contributed by atoms with Gasteiger partial charge in [-0.25, -0.2) is 4.98 Å². The van der Waals surface area contributed by atoms with Crippen LogP contribution < -0.4 is 10.6 Å². The van der Waals surface area contributed by atoms with Gasteiger partial charge in [0, 0.05) is 22.8 Å². The summed E-state index contributed by atoms with van der Waals surface area (Å²) in [5.74, 6) is -1.43. The average molecular weight is 333 g/mol. The summed E-state index contributed by atoms with van der Waals surface area (Å²) in [7, 11) is 0. The first-order valence-electron chi connectivity index (χ1n) is 6.85. The maximum Gasteiger partial charge on any atom is 0.315 e. The number of nitrogens with zero attached hydrogens (tertiary/aromatic N) is 1. The van der Waals surface area contributed by atoms with Crippen LogP contribution in [-0.4, -0.2) is 29.4 Å². The van der Waals surface area contributed by atoms with Crippen LogP contribution in [0.1, 0.15) is 23.7 Å². The summed E-state index contributed by atoms with van der Waals surface area (Å²) < 4.78 is 4.70. The summed E-state index contributed by atoms with van der Waals surface area (Å²) in [5.41, 5.74) is 0.792. The van der Waals surface area contributed by atoms with Crippen molar-refractivity contribution in [2.75, 3.05) is 17.2 Å². The first kappa shape index (κ1) is 16.6. The molecular formula is C15H15N3O4S. The van der Waals surface area contributed by atoms with Crippen LogP contribution in [0.2, 0.25) is 0 Å². The van der Waals surface area contributed by atoms with Crippen LogP contribution in [0.3, 0.4) is 0 Å². The summed E-state index contributed by atoms with van der Waals surface area (Å²) in [6, 6.07) is 6.40. The molecule has 0 fully saturated rings. The molecule has 0 spiro atoms. The summed E-state index contributed by atoms with van der Waals surface area (Å²) >= 11 is 1.31. The van der Waals surface area contributed by atoms with E-state index in [1.807, 2.05) is 0 Å². The molecule has 0 atom stereocenters. The smallest absolute Gasteiger partial charge is 0.315 e. The van der Waals surface area contributed by atoms with Crippen molar-refractivity contribution in [3.63, 3.8) is 0 Å². The van der Waals surface area contributed by atoms with Crippen molar-refractivity contribution in [2.45, 2.75) is 13.3 Å². The number of carbonyl (C=O) groups is 3. The van der Waals surface area contributed by atoms with Crippen molar-refractivity contribution in [1.82, 2.24) is 4.98 Å². The Balaban J connectivity index is 1.97. The Morgan fingerprint density at radius 2 is 2.09 bits per heavy atom. The van der Waals surface area contributed by atoms with Crippen LogP contribution in [0.4, 0.5) is 10.8 Å². The minimum absolute atomic E-state index is 0.221. The number of hydrogen-bond donors (Lipinski definition) is 2. The van der Waals surface area contributed by atoms with Crippen LogP contribution in [-0.2, 0) is 14.3 Å². The van der Waals surface area contributed by atoms with Crippen LogP contribution in [0.25, 0.3) is 0 Å². The van der Waals surface area contributed by atoms with Crippen molar-refractivity contribution in [1.29, 1.82) is 0 Å². The van der Waals surface area contributed by atoms with Gasteiger partial charge in [0.1, 0.15) is 6.42 Å². The van der Waals surface area contributed by atoms with E-state index in [1.54, 1.807) is 36.7 Å². The Morgan fingerprint density at radius 3 is 2.78 bits per heavy atom. The third-order valence-electron chi connectivity index (χ3n) is 2.67. The molecule has 2 amide bonds. The number of rotatable bonds is 6. The highest BCUT2D eigenvalue weighted by Gasteiger charge is 2.12. The number of amides is 2. The van der Waals surface area contributed by atoms with Gasteiger partial charge in [0.05, 0.1) is 6.61 Å². The van der Waals surface area contributed by atoms with E-state index in [4.69, 9.17) is 4.74 Å². The number of ether oxygens (including phenoxy) is 1. The van der Waals surface area contributed by atoms with Gasteiger partial charge in [-0.3, -0.25) is 19.7 Å². The molecule has 2 N–H and O–H groups in total. The van der Waals surface area contributed by atoms with Gasteiger partial charge in [-0.15, -0.1) is 11.3 Å². The number of thiazole rings is 1. The largest absolute Gasteiger partial charge is 0.466 e. The summed E-state index contributed by atoms with van der Waals surface area (Å²) in [4.78, 5) is 39.0. The minimum Gasteiger partial charge on any atom is -0.466 e. The lowest BCUT2D eigenvalue weighted by Gasteiger charge is -2.07. The summed E-state index contributed by atoms with van der Waals surface area (Å²) in [6.45, 7) is 1.89. The van der Waals surface area contributed by atoms with E-state index in [2.05, 4.69) is 15.6 Å². The molecule has 0 unspecified atom stereocenters. The molecule has 0 aliphatic rings. The van der Waals surface area contributed by atoms with Crippen LogP contribution in [0, 0.1) is 0 Å². The lowest BCUT2D eigenvalue weighted by Crippen LogP contribution is -2.18. The monoisotopic (exact) mass is 333 g/mol. The molecule has 120 valence electrons. The topological polar surface area (TPSA) is 97.4 Å². The highest BCUT2D eigenvalue weighted by molar-refractivity contribution is 7.13. The number of carbonyl (C=O) groups excluding carboxylic acids is 3. The van der Waals surface area contributed by atoms with E-state index in [-0.39, 0.29) is 18.9 Å². The predicted octanol–water partition coefficient (Wildman–Crippen LogP) is 2.29. The Kier molecular flexibility index (Phi) is 5.81. The lowest BCUT2D eigenvalue weighted by atomic mass is 10.2. The molecule has 1 aromatic carbocycles. The summed E-state index contributed by atoms with van der Waals surface area (Å²) in [6.07, 6.45) is 1.22. The quantitative estimate of drug-likeness (QED) is 0.624. The van der Waals surface area contributed by atoms with Crippen LogP contribution in [0.15, 0.2) is 35.8 Å². The molecule has 0 aliphatic carbocycles. The second kappa shape index (κ2) is 8.04. The maximum absolute atomic E-state index is 12.1. The highest BCUT2D eigenvalue weighted by Crippen LogP contribution is 2.15. The molecule has 8 heteroatoms. The zero-order valence-corrected chi connectivity index (χ0v) is 13.2. The van der Waals surface area contributed by atoms with Crippen molar-refractivity contribution in [3.05, 3.63) is 41.4 Å². The molecule has 0 aliphatic heterocycles. The van der Waals surface area contributed by atoms with Crippen molar-refractivity contribution < 1.29 is 19.1 Å². The number of aromatic nitrogens is 1. The predicted molar refractivity (Wildman–Crippen MR) is 86.4 cm³/mol. The molecule has 1 aromatic heterocycles. The molecule has 0 radical (unpaired) electrons. The van der Waals surface area contributed by atoms with Gasteiger partial charge in [0.2, 0.25) is 5.91 Å². The van der Waals surface area contributed by atoms with Gasteiger partial charge in [-0.2, -0.15) is 0 Å². The fourth-order valence-electron chi connectivity index (χ4n) is 1.74. The Hall–Kier alpha value is -2.74. The standard InChI is InChI=1S/C15H15N3O4S/c1-2-22-13(20)9-12(19)17-11-5-3-4-10(8-11)14(21)18-15-16-6-7-23-15/h3-8H,2,9H2,1H3,(H,17,19)(H,16,18,21). The molecule has 2 aromatic rings. The second-order valence-electron chi connectivity index (χ2n) is 4.40. The zero-order valence-electron chi connectivity index (χ0n) is 12.4. The van der Waals surface area contributed by atoms with Gasteiger partial charge in [-0.05, 0) is 25.1 Å². The maximum atomic E-state index is 12.1. The molecule has 2 rings (SSSR count). The fourth-order valence-corrected chi connectivity index (χ4v) is 2.26. The highest BCUT2D eigenvalue weighted by atomic mass is 32.1. The number of anilines is 2. The van der Waals surface area contributed by atoms with Gasteiger partial charge < -0.3 is 10.1 Å². The zero-order chi connectivity index (χ0) is 16.7. The molecule has 0 bridgehead atoms. The number of benzene rings is 1. The summed E-state index contributed by atoms with van der Waals surface area (Å²) in [5, 5.41) is 7.45. The van der Waals surface area contributed by atoms with Crippen molar-refractivity contribution in [3.8, 4) is 0 Å². The average Bonchev–Trinajstić information content (AvgIpc) is 3.00. The van der Waals surface area contributed by atoms with E-state index in [0.717, 1.165) is 0 Å². The third kappa shape index (κ3) is 5.19. The number of hydrogen-bond acceptors (Lipinski definition) is 6. The first-order chi connectivity index (χ1) is 11.1. The van der Waals surface area contributed by atoms with Crippen molar-refractivity contribution >= 4 is 39.9 Å². The van der Waals surface area contributed by atoms with E-state index < -0.39 is 11.9 Å². The molecule has 1 heterocycles. The molecule has 0 saturated carbocycles. The molecule has 23 heavy (non-hydrogen) atoms. The normalized spacial score (nSPS) is 9.96. The molecular weight excluding hydrogens is 318 g/mol.